The van der Waals surface area contributed by atoms with Gasteiger partial charge in [-0.3, -0.25) is 0 Å². The summed E-state index contributed by atoms with van der Waals surface area (Å²) in [5.74, 6) is 0. The van der Waals surface area contributed by atoms with E-state index in [1.54, 1.807) is 0 Å². The standard InChI is InChI=1S/C12H14N2S.ClH/c1-8-9(2)15-12-11(8)7-13-6-10-4-3-5-14(10)12;/h3-5,13H,6-7H2,1-2H3;1H. The maximum atomic E-state index is 3.49. The molecule has 1 aliphatic heterocycles. The lowest BCUT2D eigenvalue weighted by Gasteiger charge is -2.03. The highest BCUT2D eigenvalue weighted by atomic mass is 35.5. The van der Waals surface area contributed by atoms with E-state index in [2.05, 4.69) is 42.1 Å². The minimum Gasteiger partial charge on any atom is -0.311 e. The Labute approximate surface area is 106 Å². The Kier molecular flexibility index (Phi) is 3.10. The summed E-state index contributed by atoms with van der Waals surface area (Å²) in [6.07, 6.45) is 2.16. The van der Waals surface area contributed by atoms with Crippen molar-refractivity contribution < 1.29 is 0 Å². The van der Waals surface area contributed by atoms with Crippen LogP contribution in [0.1, 0.15) is 21.7 Å². The molecule has 2 nitrogen and oxygen atoms in total. The van der Waals surface area contributed by atoms with Gasteiger partial charge in [-0.25, -0.2) is 0 Å². The monoisotopic (exact) mass is 254 g/mol. The van der Waals surface area contributed by atoms with Crippen molar-refractivity contribution in [2.75, 3.05) is 0 Å². The number of thiophene rings is 1. The van der Waals surface area contributed by atoms with Gasteiger partial charge in [-0.2, -0.15) is 0 Å². The van der Waals surface area contributed by atoms with Crippen molar-refractivity contribution >= 4 is 23.7 Å². The van der Waals surface area contributed by atoms with E-state index in [1.807, 2.05) is 11.3 Å². The number of nitrogens with one attached hydrogen (secondary N) is 1. The Morgan fingerprint density at radius 2 is 2.12 bits per heavy atom. The Balaban J connectivity index is 0.000000963. The average molecular weight is 255 g/mol. The first-order chi connectivity index (χ1) is 7.27. The van der Waals surface area contributed by atoms with Crippen LogP contribution in [0.4, 0.5) is 0 Å². The van der Waals surface area contributed by atoms with Gasteiger partial charge in [0.05, 0.1) is 0 Å². The maximum absolute atomic E-state index is 3.49. The molecule has 0 radical (unpaired) electrons. The molecule has 3 rings (SSSR count). The van der Waals surface area contributed by atoms with Gasteiger partial charge in [0.2, 0.25) is 0 Å². The smallest absolute Gasteiger partial charge is 0.104 e. The molecule has 0 spiro atoms. The first kappa shape index (κ1) is 11.7. The molecule has 86 valence electrons. The molecule has 1 N–H and O–H groups in total. The molecule has 4 heteroatoms. The van der Waals surface area contributed by atoms with Crippen molar-refractivity contribution in [3.63, 3.8) is 0 Å². The van der Waals surface area contributed by atoms with Crippen molar-refractivity contribution in [2.45, 2.75) is 26.9 Å². The fraction of sp³-hybridized carbons (Fsp3) is 0.333. The molecule has 0 aliphatic carbocycles. The third-order valence-corrected chi connectivity index (χ3v) is 4.40. The first-order valence-electron chi connectivity index (χ1n) is 5.23. The largest absolute Gasteiger partial charge is 0.311 e. The number of nitrogens with zero attached hydrogens (tertiary/aromatic N) is 1. The summed E-state index contributed by atoms with van der Waals surface area (Å²) in [7, 11) is 0. The van der Waals surface area contributed by atoms with Crippen LogP contribution < -0.4 is 5.32 Å². The second kappa shape index (κ2) is 4.24. The Hall–Kier alpha value is -0.770. The van der Waals surface area contributed by atoms with Gasteiger partial charge in [-0.1, -0.05) is 0 Å². The van der Waals surface area contributed by atoms with Crippen molar-refractivity contribution in [1.82, 2.24) is 9.88 Å². The van der Waals surface area contributed by atoms with E-state index in [0.717, 1.165) is 13.1 Å². The van der Waals surface area contributed by atoms with Gasteiger partial charge in [-0.05, 0) is 31.5 Å². The molecular weight excluding hydrogens is 240 g/mol. The molecule has 3 heterocycles. The fourth-order valence-corrected chi connectivity index (χ4v) is 3.32. The van der Waals surface area contributed by atoms with E-state index < -0.39 is 0 Å². The van der Waals surface area contributed by atoms with Crippen LogP contribution in [-0.2, 0) is 13.1 Å². The Morgan fingerprint density at radius 3 is 2.94 bits per heavy atom. The second-order valence-electron chi connectivity index (χ2n) is 4.04. The number of aryl methyl sites for hydroxylation is 1. The van der Waals surface area contributed by atoms with Crippen LogP contribution in [0.3, 0.4) is 0 Å². The van der Waals surface area contributed by atoms with Gasteiger partial charge in [0.25, 0.3) is 0 Å². The van der Waals surface area contributed by atoms with Crippen LogP contribution >= 0.6 is 23.7 Å². The van der Waals surface area contributed by atoms with Crippen LogP contribution in [0.2, 0.25) is 0 Å². The zero-order valence-corrected chi connectivity index (χ0v) is 11.0. The number of fused-ring (bicyclic) bond motifs is 3. The van der Waals surface area contributed by atoms with Gasteiger partial charge < -0.3 is 9.88 Å². The molecule has 0 fully saturated rings. The average Bonchev–Trinajstić information content (AvgIpc) is 2.73. The molecule has 0 saturated carbocycles. The maximum Gasteiger partial charge on any atom is 0.104 e. The summed E-state index contributed by atoms with van der Waals surface area (Å²) >= 11 is 1.90. The lowest BCUT2D eigenvalue weighted by molar-refractivity contribution is 0.691. The molecule has 0 unspecified atom stereocenters. The van der Waals surface area contributed by atoms with Crippen LogP contribution in [0, 0.1) is 13.8 Å². The van der Waals surface area contributed by atoms with Crippen molar-refractivity contribution in [2.24, 2.45) is 0 Å². The predicted molar refractivity (Wildman–Crippen MR) is 70.9 cm³/mol. The summed E-state index contributed by atoms with van der Waals surface area (Å²) in [5, 5.41) is 4.88. The highest BCUT2D eigenvalue weighted by Gasteiger charge is 2.18. The summed E-state index contributed by atoms with van der Waals surface area (Å²) in [6, 6.07) is 4.31. The van der Waals surface area contributed by atoms with Crippen LogP contribution in [-0.4, -0.2) is 4.57 Å². The van der Waals surface area contributed by atoms with Crippen LogP contribution in [0.15, 0.2) is 18.3 Å². The molecule has 0 saturated heterocycles. The summed E-state index contributed by atoms with van der Waals surface area (Å²) in [6.45, 7) is 6.39. The SMILES string of the molecule is Cc1sc2c(c1C)CNCc1cccn1-2.Cl. The van der Waals surface area contributed by atoms with Crippen molar-refractivity contribution in [1.29, 1.82) is 0 Å². The zero-order chi connectivity index (χ0) is 10.4. The zero-order valence-electron chi connectivity index (χ0n) is 9.41. The van der Waals surface area contributed by atoms with Gasteiger partial charge >= 0.3 is 0 Å². The van der Waals surface area contributed by atoms with E-state index in [0.29, 0.717) is 0 Å². The Morgan fingerprint density at radius 1 is 1.31 bits per heavy atom. The highest BCUT2D eigenvalue weighted by Crippen LogP contribution is 2.33. The molecule has 0 aromatic carbocycles. The number of rotatable bonds is 0. The lowest BCUT2D eigenvalue weighted by atomic mass is 10.1. The van der Waals surface area contributed by atoms with E-state index in [1.165, 1.54) is 26.7 Å². The second-order valence-corrected chi connectivity index (χ2v) is 5.24. The van der Waals surface area contributed by atoms with E-state index in [9.17, 15) is 0 Å². The molecule has 0 atom stereocenters. The molecule has 1 aliphatic rings. The quantitative estimate of drug-likeness (QED) is 0.764. The minimum atomic E-state index is 0. The highest BCUT2D eigenvalue weighted by molar-refractivity contribution is 7.14. The van der Waals surface area contributed by atoms with Crippen LogP contribution in [0.5, 0.6) is 0 Å². The summed E-state index contributed by atoms with van der Waals surface area (Å²) in [5.41, 5.74) is 4.27. The van der Waals surface area contributed by atoms with Gasteiger partial charge in [-0.15, -0.1) is 23.7 Å². The van der Waals surface area contributed by atoms with Gasteiger partial charge in [0.1, 0.15) is 5.00 Å². The topological polar surface area (TPSA) is 17.0 Å². The molecule has 2 aromatic heterocycles. The normalized spacial score (nSPS) is 13.6. The Bertz CT molecular complexity index is 513. The number of halogens is 1. The molecule has 2 aromatic rings. The first-order valence-corrected chi connectivity index (χ1v) is 6.05. The third kappa shape index (κ3) is 1.59. The summed E-state index contributed by atoms with van der Waals surface area (Å²) in [4.78, 5) is 1.43. The van der Waals surface area contributed by atoms with Gasteiger partial charge in [0, 0.05) is 35.4 Å². The lowest BCUT2D eigenvalue weighted by Crippen LogP contribution is -2.11. The fourth-order valence-electron chi connectivity index (χ4n) is 2.13. The minimum absolute atomic E-state index is 0. The van der Waals surface area contributed by atoms with E-state index in [4.69, 9.17) is 0 Å². The van der Waals surface area contributed by atoms with Crippen LogP contribution in [0.25, 0.3) is 5.00 Å². The number of hydrogen-bond acceptors (Lipinski definition) is 2. The van der Waals surface area contributed by atoms with E-state index in [-0.39, 0.29) is 12.4 Å². The molecule has 16 heavy (non-hydrogen) atoms. The van der Waals surface area contributed by atoms with Crippen molar-refractivity contribution in [3.8, 4) is 5.00 Å². The van der Waals surface area contributed by atoms with E-state index >= 15 is 0 Å². The number of hydrogen-bond donors (Lipinski definition) is 1. The predicted octanol–water partition coefficient (Wildman–Crippen LogP) is 3.18. The molecule has 0 bridgehead atoms. The molecular formula is C12H15ClN2S. The molecule has 0 amide bonds. The number of aromatic nitrogens is 1. The third-order valence-electron chi connectivity index (χ3n) is 3.15. The summed E-state index contributed by atoms with van der Waals surface area (Å²) < 4.78 is 2.32. The van der Waals surface area contributed by atoms with Gasteiger partial charge in [0.15, 0.2) is 0 Å². The van der Waals surface area contributed by atoms with Crippen molar-refractivity contribution in [3.05, 3.63) is 40.0 Å².